The highest BCUT2D eigenvalue weighted by Gasteiger charge is 2.34. The Morgan fingerprint density at radius 1 is 0.488 bits per heavy atom. The van der Waals surface area contributed by atoms with E-state index in [0.29, 0.717) is 24.1 Å². The fraction of sp³-hybridized carbons (Fsp3) is 0.583. The highest BCUT2D eigenvalue weighted by atomic mass is 16.5. The summed E-state index contributed by atoms with van der Waals surface area (Å²) in [6.45, 7) is 14.6. The van der Waals surface area contributed by atoms with Crippen LogP contribution < -0.4 is 14.5 Å². The third-order valence-electron chi connectivity index (χ3n) is 21.3. The Morgan fingerprint density at radius 2 is 0.902 bits per heavy atom. The van der Waals surface area contributed by atoms with Crippen LogP contribution in [0.1, 0.15) is 190 Å². The SMILES string of the molecule is C.Cc1ccc2c(C3CCCCC3)c3n(c2c1)CCN(CCC1CCN(C2CCCC2)CC1)c1ccccc1-3.O=C=O.O=COc1ccc2c(C3CCCCC3)c3n(c2c1)CCN(CCC1CCN(C2CCCC2)CC1)c1ccccc1-3. The molecule has 14 rings (SSSR count). The van der Waals surface area contributed by atoms with Crippen LogP contribution >= 0.6 is 0 Å². The van der Waals surface area contributed by atoms with Crippen molar-refractivity contribution in [3.63, 3.8) is 0 Å². The molecule has 10 nitrogen and oxygen atoms in total. The van der Waals surface area contributed by atoms with Crippen molar-refractivity contribution >= 4 is 45.8 Å². The molecule has 2 saturated heterocycles. The van der Waals surface area contributed by atoms with Gasteiger partial charge in [-0.1, -0.05) is 120 Å². The third kappa shape index (κ3) is 12.4. The first-order valence-electron chi connectivity index (χ1n) is 32.5. The van der Waals surface area contributed by atoms with Gasteiger partial charge in [-0.3, -0.25) is 4.79 Å². The molecule has 0 radical (unpaired) electrons. The number of fused-ring (bicyclic) bond motifs is 10. The summed E-state index contributed by atoms with van der Waals surface area (Å²) in [6, 6.07) is 33.8. The molecule has 8 aliphatic rings. The Balaban J connectivity index is 0.000000163. The van der Waals surface area contributed by atoms with Crippen LogP contribution in [0.2, 0.25) is 0 Å². The van der Waals surface area contributed by atoms with Crippen LogP contribution in [0.25, 0.3) is 44.3 Å². The fourth-order valence-corrected chi connectivity index (χ4v) is 17.1. The summed E-state index contributed by atoms with van der Waals surface area (Å²) in [5, 5.41) is 2.87. The Bertz CT molecular complexity index is 3090. The number of hydrogen-bond donors (Lipinski definition) is 0. The molecule has 6 aromatic rings. The number of likely N-dealkylation sites (tertiary alicyclic amines) is 2. The molecule has 4 aromatic carbocycles. The van der Waals surface area contributed by atoms with E-state index >= 15 is 0 Å². The molecule has 6 heterocycles. The number of anilines is 2. The Hall–Kier alpha value is -5.67. The van der Waals surface area contributed by atoms with Crippen molar-refractivity contribution in [2.75, 3.05) is 62.2 Å². The van der Waals surface area contributed by atoms with E-state index in [1.807, 2.05) is 6.07 Å². The normalized spacial score (nSPS) is 20.7. The van der Waals surface area contributed by atoms with E-state index in [2.05, 4.69) is 115 Å². The van der Waals surface area contributed by atoms with E-state index in [1.165, 1.54) is 248 Å². The monoisotopic (exact) mass is 1110 g/mol. The maximum Gasteiger partial charge on any atom is 0.373 e. The average molecular weight is 1110 g/mol. The molecule has 4 aliphatic carbocycles. The fourth-order valence-electron chi connectivity index (χ4n) is 17.1. The minimum absolute atomic E-state index is 0. The van der Waals surface area contributed by atoms with E-state index in [-0.39, 0.29) is 13.6 Å². The zero-order chi connectivity index (χ0) is 55.1. The summed E-state index contributed by atoms with van der Waals surface area (Å²) in [6.07, 6.45) is 33.4. The van der Waals surface area contributed by atoms with Crippen molar-refractivity contribution in [3.8, 4) is 28.3 Å². The molecule has 2 aromatic heterocycles. The van der Waals surface area contributed by atoms with Crippen molar-refractivity contribution in [1.82, 2.24) is 18.9 Å². The summed E-state index contributed by atoms with van der Waals surface area (Å²) in [5.41, 5.74) is 15.9. The molecule has 4 saturated carbocycles. The van der Waals surface area contributed by atoms with Gasteiger partial charge in [0.15, 0.2) is 0 Å². The van der Waals surface area contributed by atoms with Gasteiger partial charge in [0.05, 0.1) is 16.9 Å². The summed E-state index contributed by atoms with van der Waals surface area (Å²) < 4.78 is 10.6. The number of carbonyl (C=O) groups is 1. The van der Waals surface area contributed by atoms with Crippen LogP contribution in [0.5, 0.6) is 5.75 Å². The van der Waals surface area contributed by atoms with Crippen LogP contribution in [0.4, 0.5) is 11.4 Å². The number of benzene rings is 4. The number of ether oxygens (including phenoxy) is 1. The standard InChI is InChI=1S/C35H45N3O2.C35H47N3.CO2.CH4/c39-25-40-29-14-15-30-33(24-29)38-23-22-37(21-18-26-16-19-36(20-17-26)28-10-4-5-11-28)32-13-7-6-12-31(32)35(38)34(30)27-8-2-1-3-9-27;1-26-15-16-30-33(25-26)38-24-23-37(22-19-27-17-20-36(21-18-27)29-11-5-6-12-29)32-14-8-7-13-31(32)35(38)34(30)28-9-3-2-4-10-28;2-1-3;/h6-7,12-15,24-28H,1-5,8-11,16-23H2;7-8,13-16,25,27-29H,2-6,9-12,17-24H2,1H3;;1H4. The summed E-state index contributed by atoms with van der Waals surface area (Å²) in [7, 11) is 0. The predicted octanol–water partition coefficient (Wildman–Crippen LogP) is 16.3. The maximum absolute atomic E-state index is 11.2. The summed E-state index contributed by atoms with van der Waals surface area (Å²) in [5.74, 6) is 3.66. The van der Waals surface area contributed by atoms with Gasteiger partial charge in [0.2, 0.25) is 0 Å². The number of carbonyl (C=O) groups excluding carboxylic acids is 3. The molecule has 438 valence electrons. The third-order valence-corrected chi connectivity index (χ3v) is 21.3. The van der Waals surface area contributed by atoms with E-state index < -0.39 is 0 Å². The second-order valence-electron chi connectivity index (χ2n) is 25.9. The van der Waals surface area contributed by atoms with Gasteiger partial charge < -0.3 is 33.5 Å². The molecule has 0 unspecified atom stereocenters. The smallest absolute Gasteiger partial charge is 0.373 e. The molecule has 4 aliphatic heterocycles. The number of hydrogen-bond acceptors (Lipinski definition) is 8. The molecule has 0 spiro atoms. The van der Waals surface area contributed by atoms with Gasteiger partial charge in [0, 0.05) is 96.2 Å². The molecule has 0 bridgehead atoms. The number of piperidine rings is 2. The lowest BCUT2D eigenvalue weighted by atomic mass is 9.81. The summed E-state index contributed by atoms with van der Waals surface area (Å²) in [4.78, 5) is 38.5. The van der Waals surface area contributed by atoms with Gasteiger partial charge in [-0.2, -0.15) is 9.59 Å². The predicted molar refractivity (Wildman–Crippen MR) is 336 cm³/mol. The van der Waals surface area contributed by atoms with Crippen LogP contribution in [0.15, 0.2) is 84.9 Å². The van der Waals surface area contributed by atoms with E-state index in [9.17, 15) is 4.79 Å². The van der Waals surface area contributed by atoms with Crippen molar-refractivity contribution in [2.24, 2.45) is 11.8 Å². The van der Waals surface area contributed by atoms with E-state index in [0.717, 1.165) is 56.6 Å². The van der Waals surface area contributed by atoms with Crippen LogP contribution in [0, 0.1) is 18.8 Å². The van der Waals surface area contributed by atoms with Crippen LogP contribution in [-0.2, 0) is 27.5 Å². The minimum Gasteiger partial charge on any atom is -0.429 e. The van der Waals surface area contributed by atoms with Gasteiger partial charge in [-0.05, 0) is 194 Å². The summed E-state index contributed by atoms with van der Waals surface area (Å²) >= 11 is 0. The lowest BCUT2D eigenvalue weighted by Gasteiger charge is -2.37. The van der Waals surface area contributed by atoms with Gasteiger partial charge >= 0.3 is 6.15 Å². The zero-order valence-corrected chi connectivity index (χ0v) is 49.0. The first-order valence-corrected chi connectivity index (χ1v) is 32.5. The minimum atomic E-state index is 0. The highest BCUT2D eigenvalue weighted by molar-refractivity contribution is 5.97. The molecule has 10 heteroatoms. The van der Waals surface area contributed by atoms with Gasteiger partial charge in [0.25, 0.3) is 6.47 Å². The molecular formula is C72H96N6O4. The van der Waals surface area contributed by atoms with Crippen molar-refractivity contribution in [3.05, 3.63) is 102 Å². The largest absolute Gasteiger partial charge is 0.429 e. The lowest BCUT2D eigenvalue weighted by molar-refractivity contribution is -0.191. The van der Waals surface area contributed by atoms with Gasteiger partial charge in [-0.25, -0.2) is 0 Å². The van der Waals surface area contributed by atoms with E-state index in [4.69, 9.17) is 14.3 Å². The topological polar surface area (TPSA) is 83.3 Å². The number of para-hydroxylation sites is 2. The first-order chi connectivity index (χ1) is 40.0. The highest BCUT2D eigenvalue weighted by Crippen LogP contribution is 2.50. The Morgan fingerprint density at radius 3 is 1.35 bits per heavy atom. The van der Waals surface area contributed by atoms with Crippen molar-refractivity contribution in [1.29, 1.82) is 0 Å². The molecule has 0 N–H and O–H groups in total. The van der Waals surface area contributed by atoms with Crippen molar-refractivity contribution in [2.45, 2.75) is 205 Å². The van der Waals surface area contributed by atoms with Gasteiger partial charge in [0.1, 0.15) is 5.75 Å². The molecule has 0 amide bonds. The number of aryl methyl sites for hydroxylation is 1. The second-order valence-corrected chi connectivity index (χ2v) is 25.9. The van der Waals surface area contributed by atoms with Crippen LogP contribution in [0.3, 0.4) is 0 Å². The molecule has 6 fully saturated rings. The van der Waals surface area contributed by atoms with Crippen LogP contribution in [-0.4, -0.2) is 96.0 Å². The average Bonchev–Trinajstić information content (AvgIpc) is 2.26. The van der Waals surface area contributed by atoms with Crippen molar-refractivity contribution < 1.29 is 19.1 Å². The first kappa shape index (κ1) is 58.1. The number of aromatic nitrogens is 2. The maximum atomic E-state index is 11.2. The Kier molecular flexibility index (Phi) is 19.4. The quantitative estimate of drug-likeness (QED) is 0.112. The number of rotatable bonds is 12. The zero-order valence-electron chi connectivity index (χ0n) is 49.0. The van der Waals surface area contributed by atoms with Gasteiger partial charge in [-0.15, -0.1) is 0 Å². The Labute approximate surface area is 490 Å². The molecular weight excluding hydrogens is 1010 g/mol. The second kappa shape index (κ2) is 27.4. The van der Waals surface area contributed by atoms with E-state index in [1.54, 1.807) is 11.3 Å². The lowest BCUT2D eigenvalue weighted by Crippen LogP contribution is -2.40. The number of nitrogens with zero attached hydrogens (tertiary/aromatic N) is 6. The molecule has 0 atom stereocenters. The molecule has 82 heavy (non-hydrogen) atoms.